The first-order valence-electron chi connectivity index (χ1n) is 10.4. The van der Waals surface area contributed by atoms with Crippen molar-refractivity contribution >= 4 is 27.5 Å². The van der Waals surface area contributed by atoms with E-state index in [-0.39, 0.29) is 21.5 Å². The maximum atomic E-state index is 14.0. The minimum Gasteiger partial charge on any atom is -0.497 e. The van der Waals surface area contributed by atoms with Crippen LogP contribution in [-0.2, 0) is 19.1 Å². The van der Waals surface area contributed by atoms with E-state index in [1.165, 1.54) is 7.11 Å². The number of amides is 1. The van der Waals surface area contributed by atoms with E-state index in [1.807, 2.05) is 24.3 Å². The van der Waals surface area contributed by atoms with E-state index >= 15 is 0 Å². The Balaban J connectivity index is 1.59. The summed E-state index contributed by atoms with van der Waals surface area (Å²) in [5.41, 5.74) is 1.54. The summed E-state index contributed by atoms with van der Waals surface area (Å²) in [5, 5.41) is 4.05. The summed E-state index contributed by atoms with van der Waals surface area (Å²) in [6.45, 7) is 0.818. The highest BCUT2D eigenvalue weighted by molar-refractivity contribution is 9.10. The first-order valence-corrected chi connectivity index (χ1v) is 11.2. The molecule has 3 heterocycles. The van der Waals surface area contributed by atoms with Gasteiger partial charge in [-0.2, -0.15) is 18.3 Å². The molecule has 174 valence electrons. The first kappa shape index (κ1) is 22.4. The topological polar surface area (TPSA) is 59.7 Å². The summed E-state index contributed by atoms with van der Waals surface area (Å²) >= 11 is 3.30. The second kappa shape index (κ2) is 8.43. The molecule has 4 aromatic rings. The highest BCUT2D eigenvalue weighted by atomic mass is 79.9. The van der Waals surface area contributed by atoms with Gasteiger partial charge in [-0.05, 0) is 63.8 Å². The third kappa shape index (κ3) is 3.91. The summed E-state index contributed by atoms with van der Waals surface area (Å²) in [6, 6.07) is 15.3. The van der Waals surface area contributed by atoms with Gasteiger partial charge >= 0.3 is 6.18 Å². The van der Waals surface area contributed by atoms with Gasteiger partial charge in [0.2, 0.25) is 0 Å². The molecule has 6 nitrogen and oxygen atoms in total. The molecule has 10 heteroatoms. The summed E-state index contributed by atoms with van der Waals surface area (Å²) in [6.07, 6.45) is -4.04. The number of rotatable bonds is 3. The third-order valence-electron chi connectivity index (χ3n) is 5.83. The normalized spacial score (nSPS) is 13.7. The summed E-state index contributed by atoms with van der Waals surface area (Å²) in [7, 11) is 1.50. The standard InChI is InChI=1S/C24H18BrF3N4O2/c1-34-17-8-6-15(7-9-17)18-12-19(24(26,27)28)32-22(29-18)20(25)21(30-32)23(33)31-11-10-14-4-2-3-5-16(14)13-31/h2-9,12H,10-11,13H2,1H3. The second-order valence-electron chi connectivity index (χ2n) is 7.90. The molecule has 1 aliphatic heterocycles. The molecule has 0 radical (unpaired) electrons. The Morgan fingerprint density at radius 2 is 1.79 bits per heavy atom. The van der Waals surface area contributed by atoms with Crippen LogP contribution in [0.3, 0.4) is 0 Å². The maximum Gasteiger partial charge on any atom is 0.433 e. The number of hydrogen-bond acceptors (Lipinski definition) is 4. The number of aromatic nitrogens is 3. The molecule has 0 atom stereocenters. The van der Waals surface area contributed by atoms with Gasteiger partial charge in [0.05, 0.1) is 17.3 Å². The van der Waals surface area contributed by atoms with Crippen molar-refractivity contribution in [3.05, 3.63) is 81.6 Å². The van der Waals surface area contributed by atoms with Crippen LogP contribution >= 0.6 is 15.9 Å². The molecule has 0 fully saturated rings. The van der Waals surface area contributed by atoms with Crippen molar-refractivity contribution in [3.8, 4) is 17.0 Å². The number of halogens is 4. The molecule has 0 spiro atoms. The molecule has 0 N–H and O–H groups in total. The number of nitrogens with zero attached hydrogens (tertiary/aromatic N) is 4. The van der Waals surface area contributed by atoms with E-state index in [0.29, 0.717) is 35.3 Å². The number of ether oxygens (including phenoxy) is 1. The smallest absolute Gasteiger partial charge is 0.433 e. The molecule has 5 rings (SSSR count). The van der Waals surface area contributed by atoms with Crippen LogP contribution in [0.4, 0.5) is 13.2 Å². The fourth-order valence-corrected chi connectivity index (χ4v) is 4.56. The average Bonchev–Trinajstić information content (AvgIpc) is 3.18. The van der Waals surface area contributed by atoms with Crippen LogP contribution < -0.4 is 4.74 Å². The van der Waals surface area contributed by atoms with Crippen molar-refractivity contribution in [1.82, 2.24) is 19.5 Å². The lowest BCUT2D eigenvalue weighted by molar-refractivity contribution is -0.142. The number of hydrogen-bond donors (Lipinski definition) is 0. The highest BCUT2D eigenvalue weighted by Crippen LogP contribution is 2.35. The predicted molar refractivity (Wildman–Crippen MR) is 123 cm³/mol. The fourth-order valence-electron chi connectivity index (χ4n) is 4.06. The van der Waals surface area contributed by atoms with Crippen LogP contribution in [0, 0.1) is 0 Å². The minimum absolute atomic E-state index is 0.0820. The number of fused-ring (bicyclic) bond motifs is 2. The Morgan fingerprint density at radius 3 is 2.47 bits per heavy atom. The predicted octanol–water partition coefficient (Wildman–Crippen LogP) is 5.38. The van der Waals surface area contributed by atoms with Crippen LogP contribution in [0.25, 0.3) is 16.9 Å². The number of benzene rings is 2. The molecule has 0 unspecified atom stereocenters. The molecular weight excluding hydrogens is 513 g/mol. The molecule has 0 saturated carbocycles. The fraction of sp³-hybridized carbons (Fsp3) is 0.208. The SMILES string of the molecule is COc1ccc(-c2cc(C(F)(F)F)n3nc(C(=O)N4CCc5ccccc5C4)c(Br)c3n2)cc1. The van der Waals surface area contributed by atoms with Gasteiger partial charge in [-0.25, -0.2) is 9.50 Å². The van der Waals surface area contributed by atoms with E-state index in [9.17, 15) is 18.0 Å². The lowest BCUT2D eigenvalue weighted by Gasteiger charge is -2.28. The Morgan fingerprint density at radius 1 is 1.09 bits per heavy atom. The van der Waals surface area contributed by atoms with Crippen LogP contribution in [-0.4, -0.2) is 39.1 Å². The quantitative estimate of drug-likeness (QED) is 0.356. The van der Waals surface area contributed by atoms with Crippen LogP contribution in [0.15, 0.2) is 59.1 Å². The number of methoxy groups -OCH3 is 1. The summed E-state index contributed by atoms with van der Waals surface area (Å²) < 4.78 is 47.8. The molecule has 0 bridgehead atoms. The highest BCUT2D eigenvalue weighted by Gasteiger charge is 2.37. The monoisotopic (exact) mass is 530 g/mol. The van der Waals surface area contributed by atoms with Gasteiger partial charge in [-0.3, -0.25) is 4.79 Å². The molecule has 0 aliphatic carbocycles. The first-order chi connectivity index (χ1) is 16.3. The van der Waals surface area contributed by atoms with Gasteiger partial charge in [-0.15, -0.1) is 0 Å². The molecule has 2 aromatic carbocycles. The van der Waals surface area contributed by atoms with E-state index in [2.05, 4.69) is 26.0 Å². The number of alkyl halides is 3. The van der Waals surface area contributed by atoms with Crippen LogP contribution in [0.2, 0.25) is 0 Å². The summed E-state index contributed by atoms with van der Waals surface area (Å²) in [5.74, 6) is 0.119. The molecular formula is C24H18BrF3N4O2. The second-order valence-corrected chi connectivity index (χ2v) is 8.69. The van der Waals surface area contributed by atoms with Crippen molar-refractivity contribution in [2.24, 2.45) is 0 Å². The van der Waals surface area contributed by atoms with Gasteiger partial charge in [-0.1, -0.05) is 24.3 Å². The van der Waals surface area contributed by atoms with Crippen molar-refractivity contribution in [2.75, 3.05) is 13.7 Å². The average molecular weight is 531 g/mol. The van der Waals surface area contributed by atoms with E-state index < -0.39 is 17.8 Å². The van der Waals surface area contributed by atoms with Gasteiger partial charge in [0.15, 0.2) is 17.0 Å². The molecule has 0 saturated heterocycles. The Hall–Kier alpha value is -3.40. The van der Waals surface area contributed by atoms with Gasteiger partial charge in [0.25, 0.3) is 5.91 Å². The van der Waals surface area contributed by atoms with Gasteiger partial charge < -0.3 is 9.64 Å². The van der Waals surface area contributed by atoms with Gasteiger partial charge in [0.1, 0.15) is 5.75 Å². The van der Waals surface area contributed by atoms with Crippen LogP contribution in [0.5, 0.6) is 5.75 Å². The third-order valence-corrected chi connectivity index (χ3v) is 6.56. The van der Waals surface area contributed by atoms with Crippen molar-refractivity contribution < 1.29 is 22.7 Å². The Bertz CT molecular complexity index is 1400. The molecule has 1 amide bonds. The number of carbonyl (C=O) groups excluding carboxylic acids is 1. The minimum atomic E-state index is -4.71. The largest absolute Gasteiger partial charge is 0.497 e. The molecule has 2 aromatic heterocycles. The van der Waals surface area contributed by atoms with Crippen LogP contribution in [0.1, 0.15) is 27.3 Å². The van der Waals surface area contributed by atoms with Crippen molar-refractivity contribution in [3.63, 3.8) is 0 Å². The molecule has 1 aliphatic rings. The van der Waals surface area contributed by atoms with E-state index in [1.54, 1.807) is 29.2 Å². The van der Waals surface area contributed by atoms with Gasteiger partial charge in [0, 0.05) is 18.7 Å². The number of carbonyl (C=O) groups is 1. The Kier molecular flexibility index (Phi) is 5.55. The lowest BCUT2D eigenvalue weighted by atomic mass is 10.00. The zero-order valence-electron chi connectivity index (χ0n) is 17.9. The van der Waals surface area contributed by atoms with Crippen molar-refractivity contribution in [2.45, 2.75) is 19.1 Å². The van der Waals surface area contributed by atoms with Crippen molar-refractivity contribution in [1.29, 1.82) is 0 Å². The maximum absolute atomic E-state index is 14.0. The van der Waals surface area contributed by atoms with E-state index in [0.717, 1.165) is 17.2 Å². The Labute approximate surface area is 201 Å². The zero-order valence-corrected chi connectivity index (χ0v) is 19.5. The lowest BCUT2D eigenvalue weighted by Crippen LogP contribution is -2.36. The molecule has 34 heavy (non-hydrogen) atoms. The zero-order chi connectivity index (χ0) is 24.0. The summed E-state index contributed by atoms with van der Waals surface area (Å²) in [4.78, 5) is 19.3. The van der Waals surface area contributed by atoms with E-state index in [4.69, 9.17) is 4.74 Å².